The van der Waals surface area contributed by atoms with Crippen LogP contribution >= 0.6 is 0 Å². The maximum absolute atomic E-state index is 10.4. The zero-order valence-corrected chi connectivity index (χ0v) is 5.76. The van der Waals surface area contributed by atoms with Gasteiger partial charge in [-0.1, -0.05) is 0 Å². The zero-order valence-electron chi connectivity index (χ0n) is 4.95. The molecule has 3 nitrogen and oxygen atoms in total. The average Bonchev–Trinajstić information content (AvgIpc) is 2.08. The van der Waals surface area contributed by atoms with Crippen LogP contribution in [0.4, 0.5) is 0 Å². The highest BCUT2D eigenvalue weighted by Crippen LogP contribution is 2.22. The molecule has 0 saturated heterocycles. The molecule has 1 N–H and O–H groups in total. The number of hydrogen-bond acceptors (Lipinski definition) is 2. The summed E-state index contributed by atoms with van der Waals surface area (Å²) in [5.41, 5.74) is 0. The Morgan fingerprint density at radius 3 is 2.44 bits per heavy atom. The van der Waals surface area contributed by atoms with Crippen LogP contribution in [-0.4, -0.2) is 18.2 Å². The van der Waals surface area contributed by atoms with Crippen molar-refractivity contribution in [3.05, 3.63) is 6.42 Å². The Hall–Kier alpha value is -0.0900. The maximum Gasteiger partial charge on any atom is 0.267 e. The molecule has 1 aliphatic rings. The molecule has 0 aromatic rings. The summed E-state index contributed by atoms with van der Waals surface area (Å²) < 4.78 is 29.2. The van der Waals surface area contributed by atoms with Crippen molar-refractivity contribution >= 4 is 10.1 Å². The predicted molar refractivity (Wildman–Crippen MR) is 33.5 cm³/mol. The van der Waals surface area contributed by atoms with Gasteiger partial charge in [0, 0.05) is 0 Å². The first kappa shape index (κ1) is 7.02. The topological polar surface area (TPSA) is 54.4 Å². The molecule has 1 saturated carbocycles. The molecule has 0 aliphatic heterocycles. The van der Waals surface area contributed by atoms with Crippen LogP contribution in [0.15, 0.2) is 0 Å². The standard InChI is InChI=1S/C5H9O3S/c6-9(7,8)5-3-1-2-4-5/h1,5H,2-4H2,(H,6,7,8). The molecule has 1 aliphatic carbocycles. The fourth-order valence-electron chi connectivity index (χ4n) is 0.996. The number of hydrogen-bond donors (Lipinski definition) is 1. The molecular formula is C5H9O3S. The van der Waals surface area contributed by atoms with E-state index in [4.69, 9.17) is 4.55 Å². The minimum Gasteiger partial charge on any atom is -0.285 e. The van der Waals surface area contributed by atoms with Crippen LogP contribution in [0.25, 0.3) is 0 Å². The third-order valence-corrected chi connectivity index (χ3v) is 2.81. The molecule has 53 valence electrons. The van der Waals surface area contributed by atoms with Gasteiger partial charge in [-0.15, -0.1) is 0 Å². The molecule has 0 bridgehead atoms. The highest BCUT2D eigenvalue weighted by atomic mass is 32.2. The quantitative estimate of drug-likeness (QED) is 0.556. The smallest absolute Gasteiger partial charge is 0.267 e. The van der Waals surface area contributed by atoms with E-state index in [2.05, 4.69) is 0 Å². The van der Waals surface area contributed by atoms with E-state index in [0.29, 0.717) is 12.8 Å². The van der Waals surface area contributed by atoms with Crippen molar-refractivity contribution in [2.24, 2.45) is 0 Å². The number of rotatable bonds is 1. The fraction of sp³-hybridized carbons (Fsp3) is 0.800. The van der Waals surface area contributed by atoms with Gasteiger partial charge in [0.15, 0.2) is 0 Å². The monoisotopic (exact) mass is 149 g/mol. The Labute approximate surface area is 54.8 Å². The van der Waals surface area contributed by atoms with E-state index in [1.54, 1.807) is 0 Å². The molecule has 1 radical (unpaired) electrons. The van der Waals surface area contributed by atoms with Gasteiger partial charge in [0.05, 0.1) is 5.25 Å². The van der Waals surface area contributed by atoms with E-state index in [0.717, 1.165) is 6.42 Å². The maximum atomic E-state index is 10.4. The van der Waals surface area contributed by atoms with Crippen LogP contribution in [0.5, 0.6) is 0 Å². The highest BCUT2D eigenvalue weighted by molar-refractivity contribution is 7.86. The first-order valence-corrected chi connectivity index (χ1v) is 4.39. The summed E-state index contributed by atoms with van der Waals surface area (Å²) in [5.74, 6) is 0. The molecule has 1 fully saturated rings. The van der Waals surface area contributed by atoms with Crippen LogP contribution in [0.2, 0.25) is 0 Å². The van der Waals surface area contributed by atoms with Gasteiger partial charge in [0.2, 0.25) is 0 Å². The van der Waals surface area contributed by atoms with Gasteiger partial charge in [0.25, 0.3) is 10.1 Å². The van der Waals surface area contributed by atoms with Crippen LogP contribution in [0.1, 0.15) is 19.3 Å². The van der Waals surface area contributed by atoms with Crippen LogP contribution in [0, 0.1) is 6.42 Å². The summed E-state index contributed by atoms with van der Waals surface area (Å²) in [6.07, 6.45) is 3.79. The molecule has 4 heteroatoms. The van der Waals surface area contributed by atoms with Gasteiger partial charge >= 0.3 is 0 Å². The second-order valence-electron chi connectivity index (χ2n) is 2.24. The minimum atomic E-state index is -3.73. The van der Waals surface area contributed by atoms with E-state index in [1.807, 2.05) is 6.42 Å². The Bertz CT molecular complexity index is 176. The molecule has 0 amide bonds. The van der Waals surface area contributed by atoms with E-state index in [-0.39, 0.29) is 0 Å². The lowest BCUT2D eigenvalue weighted by Crippen LogP contribution is -2.15. The summed E-state index contributed by atoms with van der Waals surface area (Å²) >= 11 is 0. The van der Waals surface area contributed by atoms with E-state index >= 15 is 0 Å². The van der Waals surface area contributed by atoms with Gasteiger partial charge in [-0.25, -0.2) is 0 Å². The summed E-state index contributed by atoms with van der Waals surface area (Å²) in [7, 11) is -3.73. The first-order chi connectivity index (χ1) is 4.11. The van der Waals surface area contributed by atoms with E-state index < -0.39 is 15.4 Å². The lowest BCUT2D eigenvalue weighted by Gasteiger charge is -2.01. The second kappa shape index (κ2) is 2.27. The lowest BCUT2D eigenvalue weighted by molar-refractivity contribution is 0.468. The van der Waals surface area contributed by atoms with Gasteiger partial charge in [-0.05, 0) is 25.7 Å². The normalized spacial score (nSPS) is 22.8. The third kappa shape index (κ3) is 1.66. The van der Waals surface area contributed by atoms with Crippen molar-refractivity contribution in [1.82, 2.24) is 0 Å². The second-order valence-corrected chi connectivity index (χ2v) is 3.94. The van der Waals surface area contributed by atoms with E-state index in [9.17, 15) is 8.42 Å². The van der Waals surface area contributed by atoms with Gasteiger partial charge in [-0.2, -0.15) is 8.42 Å². The Morgan fingerprint density at radius 1 is 1.56 bits per heavy atom. The molecule has 0 spiro atoms. The van der Waals surface area contributed by atoms with Crippen molar-refractivity contribution in [3.63, 3.8) is 0 Å². The van der Waals surface area contributed by atoms with Crippen molar-refractivity contribution in [1.29, 1.82) is 0 Å². The first-order valence-electron chi connectivity index (χ1n) is 2.88. The Balaban J connectivity index is 2.63. The predicted octanol–water partition coefficient (Wildman–Crippen LogP) is 0.631. The molecule has 1 unspecified atom stereocenters. The summed E-state index contributed by atoms with van der Waals surface area (Å²) in [6.45, 7) is 0. The molecule has 1 atom stereocenters. The van der Waals surface area contributed by atoms with Crippen molar-refractivity contribution in [3.8, 4) is 0 Å². The zero-order chi connectivity index (χ0) is 6.91. The van der Waals surface area contributed by atoms with Gasteiger partial charge in [0.1, 0.15) is 0 Å². The van der Waals surface area contributed by atoms with Crippen LogP contribution in [-0.2, 0) is 10.1 Å². The molecule has 1 rings (SSSR count). The fourth-order valence-corrected chi connectivity index (χ4v) is 1.81. The SMILES string of the molecule is O=S(=O)(O)C1C[CH]CC1. The van der Waals surface area contributed by atoms with Crippen molar-refractivity contribution in [2.45, 2.75) is 24.5 Å². The minimum absolute atomic E-state index is 0.513. The van der Waals surface area contributed by atoms with E-state index in [1.165, 1.54) is 0 Å². The average molecular weight is 149 g/mol. The molecule has 9 heavy (non-hydrogen) atoms. The Kier molecular flexibility index (Phi) is 1.77. The largest absolute Gasteiger partial charge is 0.285 e. The van der Waals surface area contributed by atoms with Crippen molar-refractivity contribution < 1.29 is 13.0 Å². The molecule has 0 aromatic carbocycles. The summed E-state index contributed by atoms with van der Waals surface area (Å²) in [6, 6.07) is 0. The van der Waals surface area contributed by atoms with Gasteiger partial charge in [-0.3, -0.25) is 4.55 Å². The lowest BCUT2D eigenvalue weighted by atomic mass is 10.4. The summed E-state index contributed by atoms with van der Waals surface area (Å²) in [5, 5.41) is -0.516. The third-order valence-electron chi connectivity index (χ3n) is 1.54. The summed E-state index contributed by atoms with van der Waals surface area (Å²) in [4.78, 5) is 0. The molecule has 0 aromatic heterocycles. The van der Waals surface area contributed by atoms with Crippen molar-refractivity contribution in [2.75, 3.05) is 0 Å². The molecular weight excluding hydrogens is 140 g/mol. The van der Waals surface area contributed by atoms with Crippen LogP contribution in [0.3, 0.4) is 0 Å². The molecule has 0 heterocycles. The van der Waals surface area contributed by atoms with Gasteiger partial charge < -0.3 is 0 Å². The Morgan fingerprint density at radius 2 is 2.22 bits per heavy atom. The highest BCUT2D eigenvalue weighted by Gasteiger charge is 2.26. The van der Waals surface area contributed by atoms with Crippen LogP contribution < -0.4 is 0 Å².